The van der Waals surface area contributed by atoms with Crippen LogP contribution in [0.3, 0.4) is 0 Å². The van der Waals surface area contributed by atoms with E-state index in [0.29, 0.717) is 31.3 Å². The largest absolute Gasteiger partial charge is 0.401 e. The molecule has 3 nitrogen and oxygen atoms in total. The van der Waals surface area contributed by atoms with Crippen LogP contribution in [-0.2, 0) is 4.74 Å². The summed E-state index contributed by atoms with van der Waals surface area (Å²) in [5.74, 6) is 0. The molecule has 2 bridgehead atoms. The van der Waals surface area contributed by atoms with Gasteiger partial charge in [0.05, 0.1) is 18.8 Å². The molecule has 6 heteroatoms. The molecule has 0 spiro atoms. The summed E-state index contributed by atoms with van der Waals surface area (Å²) < 4.78 is 42.6. The summed E-state index contributed by atoms with van der Waals surface area (Å²) in [6.45, 7) is 0.268. The number of fused-ring (bicyclic) bond motifs is 2. The lowest BCUT2D eigenvalue weighted by atomic mass is 9.95. The zero-order valence-electron chi connectivity index (χ0n) is 10.2. The molecule has 4 atom stereocenters. The first-order valence-corrected chi connectivity index (χ1v) is 6.70. The van der Waals surface area contributed by atoms with Gasteiger partial charge in [-0.25, -0.2) is 0 Å². The normalized spacial score (nSPS) is 40.8. The zero-order chi connectivity index (χ0) is 12.8. The van der Waals surface area contributed by atoms with Crippen molar-refractivity contribution < 1.29 is 17.9 Å². The van der Waals surface area contributed by atoms with Crippen LogP contribution in [0.2, 0.25) is 0 Å². The van der Waals surface area contributed by atoms with Gasteiger partial charge in [0.1, 0.15) is 0 Å². The molecule has 0 aromatic heterocycles. The number of alkyl halides is 3. The van der Waals surface area contributed by atoms with Crippen molar-refractivity contribution in [2.45, 2.75) is 56.2 Å². The van der Waals surface area contributed by atoms with E-state index >= 15 is 0 Å². The fraction of sp³-hybridized carbons (Fsp3) is 1.00. The summed E-state index contributed by atoms with van der Waals surface area (Å²) in [5.41, 5.74) is 0. The summed E-state index contributed by atoms with van der Waals surface area (Å²) >= 11 is 0. The SMILES string of the molecule is FC(F)(F)CN1CCC(NC2CC3CCC2O3)C1. The predicted molar refractivity (Wildman–Crippen MR) is 60.3 cm³/mol. The average Bonchev–Trinajstić information content (AvgIpc) is 2.92. The average molecular weight is 264 g/mol. The Morgan fingerprint density at radius 2 is 2.06 bits per heavy atom. The molecule has 3 saturated heterocycles. The number of rotatable bonds is 3. The Morgan fingerprint density at radius 1 is 1.22 bits per heavy atom. The van der Waals surface area contributed by atoms with Crippen molar-refractivity contribution in [3.63, 3.8) is 0 Å². The number of halogens is 3. The second-order valence-corrected chi connectivity index (χ2v) is 5.72. The van der Waals surface area contributed by atoms with Gasteiger partial charge in [-0.1, -0.05) is 0 Å². The second kappa shape index (κ2) is 4.65. The van der Waals surface area contributed by atoms with Crippen LogP contribution in [0.1, 0.15) is 25.7 Å². The molecule has 0 aromatic rings. The molecule has 1 N–H and O–H groups in total. The lowest BCUT2D eigenvalue weighted by Gasteiger charge is -2.24. The number of hydrogen-bond donors (Lipinski definition) is 1. The lowest BCUT2D eigenvalue weighted by molar-refractivity contribution is -0.143. The molecule has 0 aromatic carbocycles. The smallest absolute Gasteiger partial charge is 0.373 e. The van der Waals surface area contributed by atoms with E-state index < -0.39 is 12.7 Å². The van der Waals surface area contributed by atoms with Gasteiger partial charge in [-0.05, 0) is 25.7 Å². The summed E-state index contributed by atoms with van der Waals surface area (Å²) in [5, 5.41) is 3.49. The molecule has 104 valence electrons. The Labute approximate surface area is 105 Å². The van der Waals surface area contributed by atoms with E-state index in [1.807, 2.05) is 0 Å². The zero-order valence-corrected chi connectivity index (χ0v) is 10.2. The maximum atomic E-state index is 12.3. The fourth-order valence-corrected chi connectivity index (χ4v) is 3.48. The topological polar surface area (TPSA) is 24.5 Å². The highest BCUT2D eigenvalue weighted by molar-refractivity contribution is 4.96. The van der Waals surface area contributed by atoms with Crippen molar-refractivity contribution in [2.75, 3.05) is 19.6 Å². The molecule has 0 radical (unpaired) electrons. The Bertz CT molecular complexity index is 310. The van der Waals surface area contributed by atoms with Crippen LogP contribution in [0, 0.1) is 0 Å². The third-order valence-corrected chi connectivity index (χ3v) is 4.23. The summed E-state index contributed by atoms with van der Waals surface area (Å²) in [4.78, 5) is 1.49. The maximum Gasteiger partial charge on any atom is 0.401 e. The van der Waals surface area contributed by atoms with Crippen LogP contribution in [0.15, 0.2) is 0 Å². The first-order chi connectivity index (χ1) is 8.49. The van der Waals surface area contributed by atoms with Crippen LogP contribution in [0.25, 0.3) is 0 Å². The van der Waals surface area contributed by atoms with Gasteiger partial charge in [-0.15, -0.1) is 0 Å². The van der Waals surface area contributed by atoms with Crippen LogP contribution in [-0.4, -0.2) is 55.0 Å². The minimum absolute atomic E-state index is 0.195. The number of ether oxygens (including phenoxy) is 1. The highest BCUT2D eigenvalue weighted by atomic mass is 19.4. The Morgan fingerprint density at radius 3 is 2.67 bits per heavy atom. The summed E-state index contributed by atoms with van der Waals surface area (Å²) in [6.07, 6.45) is 0.691. The van der Waals surface area contributed by atoms with Gasteiger partial charge in [0.2, 0.25) is 0 Å². The third kappa shape index (κ3) is 2.81. The molecule has 0 amide bonds. The van der Waals surface area contributed by atoms with Crippen molar-refractivity contribution in [3.8, 4) is 0 Å². The highest BCUT2D eigenvalue weighted by Gasteiger charge is 2.42. The van der Waals surface area contributed by atoms with Gasteiger partial charge in [0, 0.05) is 25.2 Å². The fourth-order valence-electron chi connectivity index (χ4n) is 3.48. The second-order valence-electron chi connectivity index (χ2n) is 5.72. The van der Waals surface area contributed by atoms with E-state index in [1.54, 1.807) is 0 Å². The Kier molecular flexibility index (Phi) is 3.28. The van der Waals surface area contributed by atoms with E-state index in [4.69, 9.17) is 4.74 Å². The number of hydrogen-bond acceptors (Lipinski definition) is 3. The van der Waals surface area contributed by atoms with Gasteiger partial charge in [0.25, 0.3) is 0 Å². The maximum absolute atomic E-state index is 12.3. The summed E-state index contributed by atoms with van der Waals surface area (Å²) in [6, 6.07) is 0.555. The van der Waals surface area contributed by atoms with E-state index in [0.717, 1.165) is 25.7 Å². The minimum Gasteiger partial charge on any atom is -0.373 e. The molecule has 3 fully saturated rings. The number of likely N-dealkylation sites (tertiary alicyclic amines) is 1. The highest BCUT2D eigenvalue weighted by Crippen LogP contribution is 2.35. The summed E-state index contributed by atoms with van der Waals surface area (Å²) in [7, 11) is 0. The van der Waals surface area contributed by atoms with E-state index in [2.05, 4.69) is 5.32 Å². The lowest BCUT2D eigenvalue weighted by Crippen LogP contribution is -2.45. The molecule has 3 rings (SSSR count). The molecule has 4 unspecified atom stereocenters. The number of nitrogens with one attached hydrogen (secondary N) is 1. The molecule has 18 heavy (non-hydrogen) atoms. The van der Waals surface area contributed by atoms with Gasteiger partial charge in [-0.3, -0.25) is 4.90 Å². The first-order valence-electron chi connectivity index (χ1n) is 6.70. The Hall–Kier alpha value is -0.330. The molecule has 3 aliphatic rings. The Balaban J connectivity index is 1.45. The minimum atomic E-state index is -4.08. The van der Waals surface area contributed by atoms with Crippen LogP contribution >= 0.6 is 0 Å². The molecule has 0 saturated carbocycles. The van der Waals surface area contributed by atoms with Gasteiger partial charge < -0.3 is 10.1 Å². The van der Waals surface area contributed by atoms with Gasteiger partial charge in [0.15, 0.2) is 0 Å². The van der Waals surface area contributed by atoms with Crippen molar-refractivity contribution in [3.05, 3.63) is 0 Å². The quantitative estimate of drug-likeness (QED) is 0.836. The van der Waals surface area contributed by atoms with Crippen molar-refractivity contribution >= 4 is 0 Å². The molecule has 3 aliphatic heterocycles. The molecule has 0 aliphatic carbocycles. The van der Waals surface area contributed by atoms with Crippen molar-refractivity contribution in [2.24, 2.45) is 0 Å². The third-order valence-electron chi connectivity index (χ3n) is 4.23. The van der Waals surface area contributed by atoms with Crippen LogP contribution < -0.4 is 5.32 Å². The molecular weight excluding hydrogens is 245 g/mol. The van der Waals surface area contributed by atoms with Crippen LogP contribution in [0.5, 0.6) is 0 Å². The van der Waals surface area contributed by atoms with Gasteiger partial charge in [-0.2, -0.15) is 13.2 Å². The number of nitrogens with zero attached hydrogens (tertiary/aromatic N) is 1. The molecule has 3 heterocycles. The van der Waals surface area contributed by atoms with E-state index in [-0.39, 0.29) is 6.04 Å². The predicted octanol–water partition coefficient (Wildman–Crippen LogP) is 1.53. The van der Waals surface area contributed by atoms with Gasteiger partial charge >= 0.3 is 6.18 Å². The van der Waals surface area contributed by atoms with Crippen LogP contribution in [0.4, 0.5) is 13.2 Å². The standard InChI is InChI=1S/C12H19F3N2O/c13-12(14,15)7-17-4-3-8(6-17)16-10-5-9-1-2-11(10)18-9/h8-11,16H,1-7H2. The monoisotopic (exact) mass is 264 g/mol. The first kappa shape index (κ1) is 12.7. The van der Waals surface area contributed by atoms with Crippen molar-refractivity contribution in [1.29, 1.82) is 0 Å². The van der Waals surface area contributed by atoms with E-state index in [1.165, 1.54) is 4.90 Å². The molecular formula is C12H19F3N2O. The van der Waals surface area contributed by atoms with Crippen molar-refractivity contribution in [1.82, 2.24) is 10.2 Å². The van der Waals surface area contributed by atoms with E-state index in [9.17, 15) is 13.2 Å².